The predicted octanol–water partition coefficient (Wildman–Crippen LogP) is 6.61. The number of aliphatic hydroxyl groups is 2. The van der Waals surface area contributed by atoms with Gasteiger partial charge in [0, 0.05) is 0 Å². The van der Waals surface area contributed by atoms with Crippen molar-refractivity contribution in [1.29, 1.82) is 0 Å². The zero-order valence-corrected chi connectivity index (χ0v) is 20.5. The molecule has 2 heteroatoms. The molecule has 30 heavy (non-hydrogen) atoms. The molecule has 3 fully saturated rings. The fraction of sp³-hybridized carbons (Fsp3) is 0.929. The molecule has 2 N–H and O–H groups in total. The van der Waals surface area contributed by atoms with E-state index in [2.05, 4.69) is 47.6 Å². The molecule has 0 spiro atoms. The molecule has 0 aromatic heterocycles. The molecular formula is C28H48O2. The van der Waals surface area contributed by atoms with Gasteiger partial charge in [0.25, 0.3) is 0 Å². The van der Waals surface area contributed by atoms with Gasteiger partial charge in [-0.15, -0.1) is 0 Å². The van der Waals surface area contributed by atoms with E-state index in [-0.39, 0.29) is 23.0 Å². The Balaban J connectivity index is 1.54. The predicted molar refractivity (Wildman–Crippen MR) is 125 cm³/mol. The highest BCUT2D eigenvalue weighted by Crippen LogP contribution is 2.67. The quantitative estimate of drug-likeness (QED) is 0.495. The summed E-state index contributed by atoms with van der Waals surface area (Å²) in [5.74, 6) is 4.95. The van der Waals surface area contributed by atoms with E-state index in [1.54, 1.807) is 0 Å². The van der Waals surface area contributed by atoms with E-state index < -0.39 is 0 Å². The first kappa shape index (κ1) is 22.8. The summed E-state index contributed by atoms with van der Waals surface area (Å²) in [4.78, 5) is 0. The monoisotopic (exact) mass is 416 g/mol. The van der Waals surface area contributed by atoms with E-state index in [4.69, 9.17) is 0 Å². The smallest absolute Gasteiger partial charge is 0.0602 e. The van der Waals surface area contributed by atoms with Crippen LogP contribution in [0.1, 0.15) is 99.3 Å². The molecule has 5 unspecified atom stereocenters. The first-order valence-corrected chi connectivity index (χ1v) is 13.1. The maximum absolute atomic E-state index is 11.7. The van der Waals surface area contributed by atoms with E-state index >= 15 is 0 Å². The molecule has 172 valence electrons. The van der Waals surface area contributed by atoms with Gasteiger partial charge in [-0.3, -0.25) is 0 Å². The van der Waals surface area contributed by atoms with Crippen molar-refractivity contribution in [3.05, 3.63) is 11.6 Å². The van der Waals surface area contributed by atoms with E-state index in [0.29, 0.717) is 23.7 Å². The Morgan fingerprint density at radius 1 is 1.00 bits per heavy atom. The van der Waals surface area contributed by atoms with Crippen LogP contribution >= 0.6 is 0 Å². The van der Waals surface area contributed by atoms with Crippen molar-refractivity contribution in [1.82, 2.24) is 0 Å². The Kier molecular flexibility index (Phi) is 6.26. The minimum atomic E-state index is -0.163. The van der Waals surface area contributed by atoms with Crippen LogP contribution in [-0.2, 0) is 0 Å². The molecule has 4 rings (SSSR count). The largest absolute Gasteiger partial charge is 0.393 e. The number of rotatable bonds is 5. The molecule has 0 aromatic carbocycles. The number of fused-ring (bicyclic) bond motifs is 5. The Morgan fingerprint density at radius 3 is 2.43 bits per heavy atom. The SMILES string of the molecule is CC(C)[C@@H](C)CC[C@@H](C)[C@H]1CCC2C3CC=C4C[C@@H](O)CCC4(C)C3C[C@H](O)C21C. The van der Waals surface area contributed by atoms with Crippen molar-refractivity contribution in [3.63, 3.8) is 0 Å². The summed E-state index contributed by atoms with van der Waals surface area (Å²) in [6.07, 6.45) is 12.5. The highest BCUT2D eigenvalue weighted by atomic mass is 16.3. The molecule has 0 heterocycles. The lowest BCUT2D eigenvalue weighted by molar-refractivity contribution is -0.136. The normalized spacial score (nSPS) is 47.8. The zero-order valence-electron chi connectivity index (χ0n) is 20.5. The van der Waals surface area contributed by atoms with Gasteiger partial charge in [-0.05, 0) is 97.2 Å². The number of aliphatic hydroxyl groups excluding tert-OH is 2. The van der Waals surface area contributed by atoms with Crippen molar-refractivity contribution in [2.75, 3.05) is 0 Å². The van der Waals surface area contributed by atoms with Gasteiger partial charge in [-0.1, -0.05) is 66.0 Å². The van der Waals surface area contributed by atoms with Crippen molar-refractivity contribution < 1.29 is 10.2 Å². The molecule has 0 bridgehead atoms. The van der Waals surface area contributed by atoms with E-state index in [1.165, 1.54) is 37.7 Å². The Bertz CT molecular complexity index is 653. The van der Waals surface area contributed by atoms with E-state index in [1.807, 2.05) is 0 Å². The summed E-state index contributed by atoms with van der Waals surface area (Å²) in [7, 11) is 0. The van der Waals surface area contributed by atoms with Crippen LogP contribution < -0.4 is 0 Å². The Labute approximate surface area is 185 Å². The zero-order chi connectivity index (χ0) is 21.8. The van der Waals surface area contributed by atoms with Crippen LogP contribution in [0.3, 0.4) is 0 Å². The topological polar surface area (TPSA) is 40.5 Å². The van der Waals surface area contributed by atoms with Crippen LogP contribution in [-0.4, -0.2) is 22.4 Å². The van der Waals surface area contributed by atoms with Gasteiger partial charge in [0.05, 0.1) is 12.2 Å². The molecule has 0 aromatic rings. The maximum atomic E-state index is 11.7. The molecule has 0 aliphatic heterocycles. The summed E-state index contributed by atoms with van der Waals surface area (Å²) >= 11 is 0. The average molecular weight is 417 g/mol. The molecule has 2 nitrogen and oxygen atoms in total. The fourth-order valence-electron chi connectivity index (χ4n) is 8.63. The van der Waals surface area contributed by atoms with Gasteiger partial charge < -0.3 is 10.2 Å². The highest BCUT2D eigenvalue weighted by molar-refractivity contribution is 5.26. The third-order valence-corrected chi connectivity index (χ3v) is 11.2. The summed E-state index contributed by atoms with van der Waals surface area (Å²) in [5.41, 5.74) is 1.81. The molecule has 0 saturated heterocycles. The number of hydrogen-bond donors (Lipinski definition) is 2. The van der Waals surface area contributed by atoms with Crippen molar-refractivity contribution in [2.24, 2.45) is 52.3 Å². The fourth-order valence-corrected chi connectivity index (χ4v) is 8.63. The van der Waals surface area contributed by atoms with Crippen molar-refractivity contribution in [2.45, 2.75) is 112 Å². The van der Waals surface area contributed by atoms with Crippen LogP contribution in [0.15, 0.2) is 11.6 Å². The lowest BCUT2D eigenvalue weighted by Gasteiger charge is -2.60. The van der Waals surface area contributed by atoms with Crippen molar-refractivity contribution >= 4 is 0 Å². The van der Waals surface area contributed by atoms with E-state index in [9.17, 15) is 10.2 Å². The van der Waals surface area contributed by atoms with Crippen LogP contribution in [0.2, 0.25) is 0 Å². The second-order valence-corrected chi connectivity index (χ2v) is 12.7. The minimum Gasteiger partial charge on any atom is -0.393 e. The first-order chi connectivity index (χ1) is 14.1. The van der Waals surface area contributed by atoms with Gasteiger partial charge >= 0.3 is 0 Å². The van der Waals surface area contributed by atoms with Crippen LogP contribution in [0.5, 0.6) is 0 Å². The number of allylic oxidation sites excluding steroid dienone is 1. The summed E-state index contributed by atoms with van der Waals surface area (Å²) < 4.78 is 0. The second kappa shape index (κ2) is 8.22. The maximum Gasteiger partial charge on any atom is 0.0602 e. The van der Waals surface area contributed by atoms with Crippen LogP contribution in [0.25, 0.3) is 0 Å². The highest BCUT2D eigenvalue weighted by Gasteiger charge is 2.62. The third kappa shape index (κ3) is 3.53. The lowest BCUT2D eigenvalue weighted by atomic mass is 9.46. The summed E-state index contributed by atoms with van der Waals surface area (Å²) in [5, 5.41) is 21.9. The van der Waals surface area contributed by atoms with Gasteiger partial charge in [-0.25, -0.2) is 0 Å². The Morgan fingerprint density at radius 2 is 1.73 bits per heavy atom. The van der Waals surface area contributed by atoms with Crippen LogP contribution in [0, 0.1) is 52.3 Å². The second-order valence-electron chi connectivity index (χ2n) is 12.7. The average Bonchev–Trinajstić information content (AvgIpc) is 3.06. The van der Waals surface area contributed by atoms with Gasteiger partial charge in [-0.2, -0.15) is 0 Å². The standard InChI is InChI=1S/C28H48O2/c1-17(2)18(3)7-8-19(4)23-11-12-24-22-10-9-20-15-21(29)13-14-27(20,5)25(22)16-26(30)28(23,24)6/h9,17-19,21-26,29-30H,7-8,10-16H2,1-6H3/t18-,19+,21-,22?,23+,24?,25?,26-,27?,28?/m0/s1. The molecule has 10 atom stereocenters. The summed E-state index contributed by atoms with van der Waals surface area (Å²) in [6.45, 7) is 14.5. The Hall–Kier alpha value is -0.340. The molecular weight excluding hydrogens is 368 g/mol. The van der Waals surface area contributed by atoms with Gasteiger partial charge in [0.2, 0.25) is 0 Å². The van der Waals surface area contributed by atoms with Gasteiger partial charge in [0.1, 0.15) is 0 Å². The molecule has 0 amide bonds. The lowest BCUT2D eigenvalue weighted by Crippen LogP contribution is -2.56. The molecule has 4 aliphatic carbocycles. The number of hydrogen-bond acceptors (Lipinski definition) is 2. The first-order valence-electron chi connectivity index (χ1n) is 13.1. The molecule has 4 aliphatic rings. The van der Waals surface area contributed by atoms with Crippen LogP contribution in [0.4, 0.5) is 0 Å². The minimum absolute atomic E-state index is 0.0948. The molecule has 3 saturated carbocycles. The van der Waals surface area contributed by atoms with Gasteiger partial charge in [0.15, 0.2) is 0 Å². The summed E-state index contributed by atoms with van der Waals surface area (Å²) in [6, 6.07) is 0. The molecule has 0 radical (unpaired) electrons. The van der Waals surface area contributed by atoms with Crippen molar-refractivity contribution in [3.8, 4) is 0 Å². The van der Waals surface area contributed by atoms with E-state index in [0.717, 1.165) is 43.4 Å². The third-order valence-electron chi connectivity index (χ3n) is 11.2.